The van der Waals surface area contributed by atoms with Crippen molar-refractivity contribution in [2.24, 2.45) is 0 Å². The minimum Gasteiger partial charge on any atom is -0.322 e. The lowest BCUT2D eigenvalue weighted by atomic mass is 10.1. The smallest absolute Gasteiger partial charge is 0.292 e. The molecule has 0 fully saturated rings. The van der Waals surface area contributed by atoms with Gasteiger partial charge in [-0.1, -0.05) is 35.3 Å². The quantitative estimate of drug-likeness (QED) is 0.418. The fourth-order valence-corrected chi connectivity index (χ4v) is 3.00. The molecule has 0 bridgehead atoms. The van der Waals surface area contributed by atoms with Gasteiger partial charge in [-0.15, -0.1) is 0 Å². The molecular weight excluding hydrogens is 417 g/mol. The molecule has 0 aliphatic heterocycles. The maximum Gasteiger partial charge on any atom is 0.292 e. The zero-order chi connectivity index (χ0) is 21.0. The van der Waals surface area contributed by atoms with Crippen LogP contribution in [0, 0.1) is 10.1 Å². The fourth-order valence-electron chi connectivity index (χ4n) is 2.51. The second-order valence-electron chi connectivity index (χ2n) is 5.88. The molecule has 0 aliphatic carbocycles. The van der Waals surface area contributed by atoms with E-state index in [4.69, 9.17) is 23.2 Å². The molecule has 0 saturated carbocycles. The van der Waals surface area contributed by atoms with Crippen LogP contribution in [0.3, 0.4) is 0 Å². The van der Waals surface area contributed by atoms with Crippen LogP contribution in [0.2, 0.25) is 10.0 Å². The van der Waals surface area contributed by atoms with Gasteiger partial charge in [-0.25, -0.2) is 0 Å². The highest BCUT2D eigenvalue weighted by molar-refractivity contribution is 6.37. The van der Waals surface area contributed by atoms with E-state index in [9.17, 15) is 19.7 Å². The molecule has 0 aromatic heterocycles. The monoisotopic (exact) mass is 429 g/mol. The van der Waals surface area contributed by atoms with Gasteiger partial charge in [0.2, 0.25) is 0 Å². The van der Waals surface area contributed by atoms with Crippen molar-refractivity contribution in [3.05, 3.63) is 98.0 Å². The molecule has 0 heterocycles. The van der Waals surface area contributed by atoms with Gasteiger partial charge in [0.1, 0.15) is 5.69 Å². The number of hydrogen-bond donors (Lipinski definition) is 2. The molecule has 2 N–H and O–H groups in total. The molecule has 2 amide bonds. The van der Waals surface area contributed by atoms with Crippen molar-refractivity contribution in [3.63, 3.8) is 0 Å². The molecule has 0 atom stereocenters. The molecule has 7 nitrogen and oxygen atoms in total. The summed E-state index contributed by atoms with van der Waals surface area (Å²) < 4.78 is 0. The Morgan fingerprint density at radius 3 is 2.21 bits per heavy atom. The number of anilines is 2. The largest absolute Gasteiger partial charge is 0.322 e. The zero-order valence-electron chi connectivity index (χ0n) is 14.7. The summed E-state index contributed by atoms with van der Waals surface area (Å²) in [5.74, 6) is -0.943. The summed E-state index contributed by atoms with van der Waals surface area (Å²) in [6, 6.07) is 16.4. The fraction of sp³-hybridized carbons (Fsp3) is 0. The third-order valence-corrected chi connectivity index (χ3v) is 4.48. The standard InChI is InChI=1S/C20H13Cl2N3O4/c21-13-7-10-15(16(22)11-13)20(27)23-14-8-5-12(6-9-14)19(26)24-17-3-1-2-4-18(17)25(28)29/h1-11H,(H,23,27)(H,24,26). The number of para-hydroxylation sites is 2. The molecule has 3 aromatic rings. The second kappa shape index (κ2) is 8.72. The van der Waals surface area contributed by atoms with E-state index < -0.39 is 16.7 Å². The lowest BCUT2D eigenvalue weighted by Crippen LogP contribution is -2.14. The Morgan fingerprint density at radius 2 is 1.55 bits per heavy atom. The third kappa shape index (κ3) is 4.90. The van der Waals surface area contributed by atoms with E-state index in [1.54, 1.807) is 12.1 Å². The number of halogens is 2. The predicted octanol–water partition coefficient (Wildman–Crippen LogP) is 5.41. The van der Waals surface area contributed by atoms with Crippen LogP contribution in [0.25, 0.3) is 0 Å². The number of benzene rings is 3. The van der Waals surface area contributed by atoms with Crippen molar-refractivity contribution >= 4 is 52.1 Å². The average Bonchev–Trinajstić information content (AvgIpc) is 2.68. The first kappa shape index (κ1) is 20.3. The molecular formula is C20H13Cl2N3O4. The SMILES string of the molecule is O=C(Nc1ccccc1[N+](=O)[O-])c1ccc(NC(=O)c2ccc(Cl)cc2Cl)cc1. The van der Waals surface area contributed by atoms with E-state index >= 15 is 0 Å². The molecule has 29 heavy (non-hydrogen) atoms. The zero-order valence-corrected chi connectivity index (χ0v) is 16.2. The van der Waals surface area contributed by atoms with Crippen LogP contribution in [-0.4, -0.2) is 16.7 Å². The van der Waals surface area contributed by atoms with Crippen LogP contribution in [0.15, 0.2) is 66.7 Å². The van der Waals surface area contributed by atoms with Crippen molar-refractivity contribution in [2.45, 2.75) is 0 Å². The number of carbonyl (C=O) groups is 2. The number of nitrogens with zero attached hydrogens (tertiary/aromatic N) is 1. The molecule has 3 rings (SSSR count). The summed E-state index contributed by atoms with van der Waals surface area (Å²) in [5, 5.41) is 16.9. The van der Waals surface area contributed by atoms with E-state index in [-0.39, 0.29) is 27.5 Å². The molecule has 146 valence electrons. The van der Waals surface area contributed by atoms with Crippen LogP contribution < -0.4 is 10.6 Å². The Balaban J connectivity index is 1.71. The molecule has 3 aromatic carbocycles. The van der Waals surface area contributed by atoms with Gasteiger partial charge in [0.05, 0.1) is 15.5 Å². The van der Waals surface area contributed by atoms with Gasteiger partial charge in [-0.05, 0) is 48.5 Å². The van der Waals surface area contributed by atoms with E-state index in [0.29, 0.717) is 10.7 Å². The summed E-state index contributed by atoms with van der Waals surface area (Å²) in [6.45, 7) is 0. The molecule has 0 saturated heterocycles. The Kier molecular flexibility index (Phi) is 6.11. The second-order valence-corrected chi connectivity index (χ2v) is 6.73. The van der Waals surface area contributed by atoms with Crippen molar-refractivity contribution < 1.29 is 14.5 Å². The highest BCUT2D eigenvalue weighted by Crippen LogP contribution is 2.25. The molecule has 0 unspecified atom stereocenters. The first-order valence-corrected chi connectivity index (χ1v) is 9.02. The number of rotatable bonds is 5. The predicted molar refractivity (Wildman–Crippen MR) is 112 cm³/mol. The van der Waals surface area contributed by atoms with Gasteiger partial charge in [-0.3, -0.25) is 19.7 Å². The lowest BCUT2D eigenvalue weighted by molar-refractivity contribution is -0.383. The Bertz CT molecular complexity index is 1100. The number of nitro groups is 1. The van der Waals surface area contributed by atoms with E-state index in [1.165, 1.54) is 54.6 Å². The Labute approximate surface area is 175 Å². The topological polar surface area (TPSA) is 101 Å². The molecule has 0 spiro atoms. The summed E-state index contributed by atoms with van der Waals surface area (Å²) >= 11 is 11.8. The van der Waals surface area contributed by atoms with Crippen molar-refractivity contribution in [2.75, 3.05) is 10.6 Å². The van der Waals surface area contributed by atoms with Crippen molar-refractivity contribution in [3.8, 4) is 0 Å². The maximum absolute atomic E-state index is 12.4. The summed E-state index contributed by atoms with van der Waals surface area (Å²) in [5.41, 5.74) is 0.866. The highest BCUT2D eigenvalue weighted by Gasteiger charge is 2.16. The van der Waals surface area contributed by atoms with Crippen molar-refractivity contribution in [1.29, 1.82) is 0 Å². The summed E-state index contributed by atoms with van der Waals surface area (Å²) in [4.78, 5) is 35.2. The van der Waals surface area contributed by atoms with Crippen LogP contribution in [-0.2, 0) is 0 Å². The van der Waals surface area contributed by atoms with Crippen LogP contribution in [0.1, 0.15) is 20.7 Å². The van der Waals surface area contributed by atoms with Gasteiger partial charge in [0.15, 0.2) is 0 Å². The van der Waals surface area contributed by atoms with E-state index in [1.807, 2.05) is 0 Å². The Morgan fingerprint density at radius 1 is 0.862 bits per heavy atom. The highest BCUT2D eigenvalue weighted by atomic mass is 35.5. The van der Waals surface area contributed by atoms with Gasteiger partial charge in [0, 0.05) is 22.3 Å². The number of hydrogen-bond acceptors (Lipinski definition) is 4. The normalized spacial score (nSPS) is 10.3. The van der Waals surface area contributed by atoms with Crippen molar-refractivity contribution in [1.82, 2.24) is 0 Å². The lowest BCUT2D eigenvalue weighted by Gasteiger charge is -2.09. The molecule has 9 heteroatoms. The van der Waals surface area contributed by atoms with Crippen LogP contribution in [0.4, 0.5) is 17.1 Å². The van der Waals surface area contributed by atoms with E-state index in [2.05, 4.69) is 10.6 Å². The van der Waals surface area contributed by atoms with Crippen LogP contribution in [0.5, 0.6) is 0 Å². The van der Waals surface area contributed by atoms with Gasteiger partial charge in [0.25, 0.3) is 17.5 Å². The number of amides is 2. The van der Waals surface area contributed by atoms with Gasteiger partial charge < -0.3 is 10.6 Å². The summed E-state index contributed by atoms with van der Waals surface area (Å²) in [6.07, 6.45) is 0. The average molecular weight is 430 g/mol. The summed E-state index contributed by atoms with van der Waals surface area (Å²) in [7, 11) is 0. The van der Waals surface area contributed by atoms with Gasteiger partial charge >= 0.3 is 0 Å². The Hall–Kier alpha value is -3.42. The number of nitro benzene ring substituents is 1. The number of carbonyl (C=O) groups excluding carboxylic acids is 2. The first-order valence-electron chi connectivity index (χ1n) is 8.26. The van der Waals surface area contributed by atoms with Gasteiger partial charge in [-0.2, -0.15) is 0 Å². The first-order chi connectivity index (χ1) is 13.8. The number of nitrogens with one attached hydrogen (secondary N) is 2. The maximum atomic E-state index is 12.4. The minimum atomic E-state index is -0.573. The molecule has 0 aliphatic rings. The van der Waals surface area contributed by atoms with Crippen LogP contribution >= 0.6 is 23.2 Å². The van der Waals surface area contributed by atoms with E-state index in [0.717, 1.165) is 0 Å². The molecule has 0 radical (unpaired) electrons. The third-order valence-electron chi connectivity index (χ3n) is 3.93. The minimum absolute atomic E-state index is 0.0947.